The summed E-state index contributed by atoms with van der Waals surface area (Å²) in [6.07, 6.45) is 41.0. The summed E-state index contributed by atoms with van der Waals surface area (Å²) in [5.41, 5.74) is 0. The van der Waals surface area contributed by atoms with Gasteiger partial charge >= 0.3 is 29.6 Å². The maximum absolute atomic E-state index is 11.0. The van der Waals surface area contributed by atoms with E-state index in [1.165, 1.54) is 173 Å². The number of rotatable bonds is 34. The van der Waals surface area contributed by atoms with Gasteiger partial charge in [-0.05, 0) is 18.8 Å². The van der Waals surface area contributed by atoms with Crippen molar-refractivity contribution < 1.29 is 46.7 Å². The molecule has 0 saturated carbocycles. The van der Waals surface area contributed by atoms with Crippen LogP contribution in [-0.4, -0.2) is 19.6 Å². The summed E-state index contributed by atoms with van der Waals surface area (Å²) in [6, 6.07) is 0. The van der Waals surface area contributed by atoms with E-state index in [-0.39, 0.29) is 42.1 Å². The molecule has 0 N–H and O–H groups in total. The number of unbranched alkanes of at least 4 members (excludes halogenated alkanes) is 27. The third-order valence-electron chi connectivity index (χ3n) is 8.63. The molecule has 6 heteroatoms. The van der Waals surface area contributed by atoms with Crippen molar-refractivity contribution in [3.63, 3.8) is 0 Å². The third kappa shape index (κ3) is 38.8. The van der Waals surface area contributed by atoms with Gasteiger partial charge in [-0.2, -0.15) is 0 Å². The van der Waals surface area contributed by atoms with Crippen molar-refractivity contribution in [2.75, 3.05) is 6.61 Å². The SMILES string of the molecule is CCCCCCCCCCCCCCCCCCCCC(CCCCCCCCCCCCC)COS(=O)(=O)[O-].[Na+]. The summed E-state index contributed by atoms with van der Waals surface area (Å²) in [5, 5.41) is 0. The first kappa shape index (κ1) is 44.0. The molecule has 242 valence electrons. The Morgan fingerprint density at radius 3 is 0.878 bits per heavy atom. The smallest absolute Gasteiger partial charge is 0.726 e. The molecule has 0 radical (unpaired) electrons. The van der Waals surface area contributed by atoms with E-state index in [1.54, 1.807) is 0 Å². The Balaban J connectivity index is 0. The molecule has 0 heterocycles. The Kier molecular flexibility index (Phi) is 37.9. The fraction of sp³-hybridized carbons (Fsp3) is 1.00. The van der Waals surface area contributed by atoms with Gasteiger partial charge in [0.1, 0.15) is 0 Å². The molecule has 1 unspecified atom stereocenters. The number of hydrogen-bond donors (Lipinski definition) is 0. The van der Waals surface area contributed by atoms with E-state index in [1.807, 2.05) is 0 Å². The first-order valence-corrected chi connectivity index (χ1v) is 19.4. The standard InChI is InChI=1S/C35H72O4S.Na/c1-3-5-7-9-11-13-15-16-17-18-19-20-21-23-25-27-29-31-33-35(34-39-40(36,37)38)32-30-28-26-24-22-14-12-10-8-6-4-2;/h35H,3-34H2,1-2H3,(H,36,37,38);/q;+1/p-1. The van der Waals surface area contributed by atoms with Gasteiger partial charge < -0.3 is 4.55 Å². The second kappa shape index (κ2) is 35.4. The molecule has 0 rings (SSSR count). The third-order valence-corrected chi connectivity index (χ3v) is 9.05. The fourth-order valence-electron chi connectivity index (χ4n) is 5.92. The van der Waals surface area contributed by atoms with E-state index in [2.05, 4.69) is 18.0 Å². The Hall–Kier alpha value is 0.870. The van der Waals surface area contributed by atoms with Crippen molar-refractivity contribution in [2.45, 2.75) is 213 Å². The zero-order chi connectivity index (χ0) is 29.4. The first-order valence-electron chi connectivity index (χ1n) is 18.1. The summed E-state index contributed by atoms with van der Waals surface area (Å²) < 4.78 is 37.5. The zero-order valence-electron chi connectivity index (χ0n) is 28.2. The van der Waals surface area contributed by atoms with E-state index < -0.39 is 10.4 Å². The fourth-order valence-corrected chi connectivity index (χ4v) is 6.28. The van der Waals surface area contributed by atoms with Crippen LogP contribution in [0.5, 0.6) is 0 Å². The summed E-state index contributed by atoms with van der Waals surface area (Å²) in [6.45, 7) is 4.62. The molecule has 0 aliphatic carbocycles. The maximum Gasteiger partial charge on any atom is 1.00 e. The molecule has 0 aliphatic heterocycles. The molecule has 41 heavy (non-hydrogen) atoms. The molecular weight excluding hydrogens is 539 g/mol. The van der Waals surface area contributed by atoms with Gasteiger partial charge in [-0.25, -0.2) is 8.42 Å². The minimum atomic E-state index is -4.59. The molecule has 0 aromatic heterocycles. The average Bonchev–Trinajstić information content (AvgIpc) is 2.93. The topological polar surface area (TPSA) is 66.4 Å². The molecule has 0 fully saturated rings. The summed E-state index contributed by atoms with van der Waals surface area (Å²) in [7, 11) is -4.59. The number of hydrogen-bond acceptors (Lipinski definition) is 4. The second-order valence-corrected chi connectivity index (χ2v) is 13.7. The van der Waals surface area contributed by atoms with E-state index >= 15 is 0 Å². The van der Waals surface area contributed by atoms with Gasteiger partial charge in [-0.15, -0.1) is 0 Å². The van der Waals surface area contributed by atoms with Crippen LogP contribution in [-0.2, 0) is 14.6 Å². The van der Waals surface area contributed by atoms with E-state index in [0.29, 0.717) is 0 Å². The zero-order valence-corrected chi connectivity index (χ0v) is 31.1. The van der Waals surface area contributed by atoms with Crippen molar-refractivity contribution in [3.8, 4) is 0 Å². The molecule has 0 aromatic carbocycles. The summed E-state index contributed by atoms with van der Waals surface area (Å²) >= 11 is 0. The molecule has 0 amide bonds. The van der Waals surface area contributed by atoms with Crippen molar-refractivity contribution in [1.29, 1.82) is 0 Å². The molecule has 0 saturated heterocycles. The van der Waals surface area contributed by atoms with Crippen molar-refractivity contribution >= 4 is 10.4 Å². The summed E-state index contributed by atoms with van der Waals surface area (Å²) in [4.78, 5) is 0. The van der Waals surface area contributed by atoms with Crippen molar-refractivity contribution in [3.05, 3.63) is 0 Å². The van der Waals surface area contributed by atoms with Crippen molar-refractivity contribution in [1.82, 2.24) is 0 Å². The van der Waals surface area contributed by atoms with Crippen LogP contribution in [0.2, 0.25) is 0 Å². The monoisotopic (exact) mass is 610 g/mol. The molecule has 0 aliphatic rings. The van der Waals surface area contributed by atoms with E-state index in [9.17, 15) is 13.0 Å². The van der Waals surface area contributed by atoms with Crippen LogP contribution in [0.15, 0.2) is 0 Å². The van der Waals surface area contributed by atoms with Gasteiger partial charge in [0.2, 0.25) is 10.4 Å². The van der Waals surface area contributed by atoms with Crippen LogP contribution >= 0.6 is 0 Å². The molecule has 1 atom stereocenters. The second-order valence-electron chi connectivity index (χ2n) is 12.7. The van der Waals surface area contributed by atoms with Gasteiger partial charge in [-0.1, -0.05) is 200 Å². The van der Waals surface area contributed by atoms with Gasteiger partial charge in [-0.3, -0.25) is 4.18 Å². The molecule has 4 nitrogen and oxygen atoms in total. The minimum Gasteiger partial charge on any atom is -0.726 e. The van der Waals surface area contributed by atoms with Gasteiger partial charge in [0.05, 0.1) is 6.61 Å². The summed E-state index contributed by atoms with van der Waals surface area (Å²) in [5.74, 6) is 0.198. The largest absolute Gasteiger partial charge is 1.00 e. The van der Waals surface area contributed by atoms with Crippen LogP contribution < -0.4 is 29.6 Å². The van der Waals surface area contributed by atoms with Crippen LogP contribution in [0.1, 0.15) is 213 Å². The van der Waals surface area contributed by atoms with Gasteiger partial charge in [0.25, 0.3) is 0 Å². The van der Waals surface area contributed by atoms with Crippen LogP contribution in [0, 0.1) is 5.92 Å². The molecular formula is C35H71NaO4S. The van der Waals surface area contributed by atoms with E-state index in [0.717, 1.165) is 25.7 Å². The van der Waals surface area contributed by atoms with Gasteiger partial charge in [0.15, 0.2) is 0 Å². The normalized spacial score (nSPS) is 12.5. The molecule has 0 spiro atoms. The molecule has 0 aromatic rings. The Morgan fingerprint density at radius 2 is 0.659 bits per heavy atom. The Labute approximate surface area is 281 Å². The predicted octanol–water partition coefficient (Wildman–Crippen LogP) is 9.22. The predicted molar refractivity (Wildman–Crippen MR) is 174 cm³/mol. The molecule has 0 bridgehead atoms. The van der Waals surface area contributed by atoms with Gasteiger partial charge in [0, 0.05) is 0 Å². The van der Waals surface area contributed by atoms with E-state index in [4.69, 9.17) is 0 Å². The quantitative estimate of drug-likeness (QED) is 0.0315. The van der Waals surface area contributed by atoms with Crippen LogP contribution in [0.25, 0.3) is 0 Å². The minimum absolute atomic E-state index is 0. The van der Waals surface area contributed by atoms with Crippen LogP contribution in [0.4, 0.5) is 0 Å². The first-order chi connectivity index (χ1) is 19.5. The van der Waals surface area contributed by atoms with Crippen molar-refractivity contribution in [2.24, 2.45) is 5.92 Å². The van der Waals surface area contributed by atoms with Crippen LogP contribution in [0.3, 0.4) is 0 Å². The average molecular weight is 611 g/mol. The maximum atomic E-state index is 11.0. The Morgan fingerprint density at radius 1 is 0.439 bits per heavy atom. The Bertz CT molecular complexity index is 585.